The quantitative estimate of drug-likeness (QED) is 0.850. The van der Waals surface area contributed by atoms with Crippen molar-refractivity contribution in [2.45, 2.75) is 44.6 Å². The van der Waals surface area contributed by atoms with Crippen molar-refractivity contribution >= 4 is 35.0 Å². The number of fused-ring (bicyclic) bond motifs is 1. The number of rotatable bonds is 4. The van der Waals surface area contributed by atoms with Crippen LogP contribution in [0.2, 0.25) is 0 Å². The molecule has 0 bridgehead atoms. The number of H-pyrrole nitrogens is 1. The highest BCUT2D eigenvalue weighted by Crippen LogP contribution is 2.30. The van der Waals surface area contributed by atoms with E-state index in [1.54, 1.807) is 0 Å². The lowest BCUT2D eigenvalue weighted by Crippen LogP contribution is -2.10. The van der Waals surface area contributed by atoms with Crippen LogP contribution in [0.15, 0.2) is 18.2 Å². The van der Waals surface area contributed by atoms with Gasteiger partial charge in [-0.25, -0.2) is 0 Å². The van der Waals surface area contributed by atoms with Crippen molar-refractivity contribution in [3.8, 4) is 5.75 Å². The Morgan fingerprint density at radius 2 is 2.35 bits per heavy atom. The fourth-order valence-electron chi connectivity index (χ4n) is 2.68. The van der Waals surface area contributed by atoms with Crippen LogP contribution in [-0.2, 0) is 6.54 Å². The van der Waals surface area contributed by atoms with Gasteiger partial charge in [0.05, 0.1) is 11.6 Å². The largest absolute Gasteiger partial charge is 0.489 e. The first-order valence-corrected chi connectivity index (χ1v) is 8.60. The van der Waals surface area contributed by atoms with Crippen LogP contribution in [0.5, 0.6) is 5.75 Å². The second-order valence-corrected chi connectivity index (χ2v) is 7.29. The maximum absolute atomic E-state index is 5.87. The molecule has 1 fully saturated rings. The summed E-state index contributed by atoms with van der Waals surface area (Å²) >= 11 is 7.56. The molecule has 20 heavy (non-hydrogen) atoms. The van der Waals surface area contributed by atoms with Crippen molar-refractivity contribution < 1.29 is 4.74 Å². The van der Waals surface area contributed by atoms with Gasteiger partial charge in [0.1, 0.15) is 11.3 Å². The molecule has 0 radical (unpaired) electrons. The lowest BCUT2D eigenvalue weighted by Gasteiger charge is -2.12. The molecule has 0 saturated carbocycles. The molecule has 1 aromatic heterocycles. The van der Waals surface area contributed by atoms with Crippen LogP contribution in [0.25, 0.3) is 11.0 Å². The molecule has 1 aliphatic rings. The Hall–Kier alpha value is -0.940. The third-order valence-electron chi connectivity index (χ3n) is 3.54. The van der Waals surface area contributed by atoms with Crippen LogP contribution in [0.4, 0.5) is 0 Å². The van der Waals surface area contributed by atoms with Crippen molar-refractivity contribution in [3.05, 3.63) is 23.0 Å². The zero-order chi connectivity index (χ0) is 14.1. The number of hydrogen-bond acceptors (Lipinski definition) is 3. The van der Waals surface area contributed by atoms with E-state index in [0.29, 0.717) is 5.25 Å². The molecule has 1 atom stereocenters. The van der Waals surface area contributed by atoms with E-state index >= 15 is 0 Å². The van der Waals surface area contributed by atoms with Gasteiger partial charge in [-0.05, 0) is 56.8 Å². The maximum atomic E-state index is 5.87. The van der Waals surface area contributed by atoms with Crippen molar-refractivity contribution in [2.24, 2.45) is 0 Å². The van der Waals surface area contributed by atoms with E-state index in [1.165, 1.54) is 18.6 Å². The van der Waals surface area contributed by atoms with Crippen LogP contribution in [0.1, 0.15) is 26.7 Å². The van der Waals surface area contributed by atoms with Crippen LogP contribution in [0.3, 0.4) is 0 Å². The fourth-order valence-corrected chi connectivity index (χ4v) is 4.21. The van der Waals surface area contributed by atoms with E-state index in [4.69, 9.17) is 17.0 Å². The molecule has 2 aromatic rings. The monoisotopic (exact) mass is 308 g/mol. The average Bonchev–Trinajstić information content (AvgIpc) is 3.00. The molecule has 108 valence electrons. The zero-order valence-corrected chi connectivity index (χ0v) is 13.5. The highest BCUT2D eigenvalue weighted by molar-refractivity contribution is 8.00. The number of aromatic amines is 1. The van der Waals surface area contributed by atoms with Gasteiger partial charge in [-0.15, -0.1) is 0 Å². The third kappa shape index (κ3) is 2.74. The Morgan fingerprint density at radius 1 is 1.50 bits per heavy atom. The van der Waals surface area contributed by atoms with E-state index in [9.17, 15) is 0 Å². The number of benzene rings is 1. The fraction of sp³-hybridized carbons (Fsp3) is 0.533. The average molecular weight is 308 g/mol. The van der Waals surface area contributed by atoms with E-state index in [2.05, 4.69) is 27.4 Å². The van der Waals surface area contributed by atoms with Crippen molar-refractivity contribution in [3.63, 3.8) is 0 Å². The van der Waals surface area contributed by atoms with Gasteiger partial charge < -0.3 is 14.3 Å². The molecular formula is C15H20N2OS2. The zero-order valence-electron chi connectivity index (χ0n) is 11.9. The second kappa shape index (κ2) is 5.82. The number of para-hydroxylation sites is 1. The van der Waals surface area contributed by atoms with E-state index < -0.39 is 0 Å². The SMILES string of the molecule is CC(C)Oc1cccc2c1[nH]c(=S)n2CC1CCCS1. The van der Waals surface area contributed by atoms with Gasteiger partial charge >= 0.3 is 0 Å². The highest BCUT2D eigenvalue weighted by atomic mass is 32.2. The number of nitrogens with zero attached hydrogens (tertiary/aromatic N) is 1. The van der Waals surface area contributed by atoms with Gasteiger partial charge in [0.25, 0.3) is 0 Å². The predicted molar refractivity (Wildman–Crippen MR) is 88.4 cm³/mol. The van der Waals surface area contributed by atoms with Crippen LogP contribution >= 0.6 is 24.0 Å². The van der Waals surface area contributed by atoms with E-state index in [-0.39, 0.29) is 6.10 Å². The van der Waals surface area contributed by atoms with Crippen LogP contribution in [-0.4, -0.2) is 26.7 Å². The summed E-state index contributed by atoms with van der Waals surface area (Å²) in [6.45, 7) is 5.08. The molecule has 1 aliphatic heterocycles. The number of hydrogen-bond donors (Lipinski definition) is 1. The van der Waals surface area contributed by atoms with Crippen molar-refractivity contribution in [1.82, 2.24) is 9.55 Å². The molecule has 0 aliphatic carbocycles. The van der Waals surface area contributed by atoms with Crippen LogP contribution in [0, 0.1) is 4.77 Å². The first kappa shape index (κ1) is 14.0. The molecule has 5 heteroatoms. The van der Waals surface area contributed by atoms with Gasteiger partial charge in [-0.2, -0.15) is 11.8 Å². The smallest absolute Gasteiger partial charge is 0.178 e. The number of ether oxygens (including phenoxy) is 1. The summed E-state index contributed by atoms with van der Waals surface area (Å²) in [6, 6.07) is 6.16. The van der Waals surface area contributed by atoms with Gasteiger partial charge in [-0.1, -0.05) is 6.07 Å². The minimum atomic E-state index is 0.163. The Balaban J connectivity index is 2.00. The standard InChI is InChI=1S/C15H20N2OS2/c1-10(2)18-13-7-3-6-12-14(13)16-15(19)17(12)9-11-5-4-8-20-11/h3,6-7,10-11H,4-5,8-9H2,1-2H3,(H,16,19). The van der Waals surface area contributed by atoms with E-state index in [1.807, 2.05) is 26.0 Å². The van der Waals surface area contributed by atoms with Gasteiger partial charge in [0.15, 0.2) is 4.77 Å². The molecule has 1 aromatic carbocycles. The third-order valence-corrected chi connectivity index (χ3v) is 5.25. The molecule has 3 rings (SSSR count). The second-order valence-electron chi connectivity index (χ2n) is 5.49. The van der Waals surface area contributed by atoms with Gasteiger partial charge in [-0.3, -0.25) is 0 Å². The number of aromatic nitrogens is 2. The lowest BCUT2D eigenvalue weighted by molar-refractivity contribution is 0.245. The number of nitrogens with one attached hydrogen (secondary N) is 1. The van der Waals surface area contributed by atoms with Crippen molar-refractivity contribution in [1.29, 1.82) is 0 Å². The minimum Gasteiger partial charge on any atom is -0.489 e. The summed E-state index contributed by atoms with van der Waals surface area (Å²) < 4.78 is 8.89. The molecule has 1 unspecified atom stereocenters. The Bertz CT molecular complexity index is 653. The molecule has 0 amide bonds. The summed E-state index contributed by atoms with van der Waals surface area (Å²) in [7, 11) is 0. The maximum Gasteiger partial charge on any atom is 0.178 e. The molecule has 1 N–H and O–H groups in total. The minimum absolute atomic E-state index is 0.163. The molecule has 3 nitrogen and oxygen atoms in total. The summed E-state index contributed by atoms with van der Waals surface area (Å²) in [4.78, 5) is 3.32. The summed E-state index contributed by atoms with van der Waals surface area (Å²) in [6.07, 6.45) is 2.78. The lowest BCUT2D eigenvalue weighted by atomic mass is 10.2. The molecule has 1 saturated heterocycles. The first-order valence-electron chi connectivity index (χ1n) is 7.15. The molecule has 2 heterocycles. The first-order chi connectivity index (χ1) is 9.65. The summed E-state index contributed by atoms with van der Waals surface area (Å²) in [5.41, 5.74) is 2.18. The number of thioether (sulfide) groups is 1. The molecular weight excluding hydrogens is 288 g/mol. The number of imidazole rings is 1. The highest BCUT2D eigenvalue weighted by Gasteiger charge is 2.18. The Morgan fingerprint density at radius 3 is 3.05 bits per heavy atom. The van der Waals surface area contributed by atoms with Gasteiger partial charge in [0.2, 0.25) is 0 Å². The molecule has 0 spiro atoms. The predicted octanol–water partition coefficient (Wildman–Crippen LogP) is 4.38. The van der Waals surface area contributed by atoms with E-state index in [0.717, 1.165) is 28.1 Å². The Kier molecular flexibility index (Phi) is 4.08. The van der Waals surface area contributed by atoms with Gasteiger partial charge in [0, 0.05) is 11.8 Å². The summed E-state index contributed by atoms with van der Waals surface area (Å²) in [5, 5.41) is 0.690. The normalized spacial score (nSPS) is 19.1. The van der Waals surface area contributed by atoms with Crippen molar-refractivity contribution in [2.75, 3.05) is 5.75 Å². The Labute approximate surface area is 128 Å². The summed E-state index contributed by atoms with van der Waals surface area (Å²) in [5.74, 6) is 2.17. The van der Waals surface area contributed by atoms with Crippen LogP contribution < -0.4 is 4.74 Å². The topological polar surface area (TPSA) is 29.9 Å².